The molecular formula is C10H26N2. The number of hydrogen-bond acceptors (Lipinski definition) is 2. The fourth-order valence-corrected chi connectivity index (χ4v) is 0.667. The average Bonchev–Trinajstić information content (AvgIpc) is 1.87. The number of nitrogens with two attached hydrogens (primary N) is 2. The summed E-state index contributed by atoms with van der Waals surface area (Å²) in [5.74, 6) is 1.55. The molecule has 0 fully saturated rings. The highest BCUT2D eigenvalue weighted by Gasteiger charge is 1.86. The Morgan fingerprint density at radius 3 is 1.00 bits per heavy atom. The second-order valence-corrected chi connectivity index (χ2v) is 3.94. The van der Waals surface area contributed by atoms with E-state index in [4.69, 9.17) is 11.5 Å². The van der Waals surface area contributed by atoms with Crippen LogP contribution in [0.2, 0.25) is 0 Å². The first-order valence-corrected chi connectivity index (χ1v) is 4.94. The van der Waals surface area contributed by atoms with E-state index in [1.807, 2.05) is 0 Å². The van der Waals surface area contributed by atoms with Crippen LogP contribution in [-0.4, -0.2) is 13.1 Å². The van der Waals surface area contributed by atoms with E-state index >= 15 is 0 Å². The first-order valence-electron chi connectivity index (χ1n) is 4.94. The quantitative estimate of drug-likeness (QED) is 0.684. The Labute approximate surface area is 77.7 Å². The molecule has 0 amide bonds. The zero-order chi connectivity index (χ0) is 9.98. The van der Waals surface area contributed by atoms with Gasteiger partial charge in [0.15, 0.2) is 0 Å². The van der Waals surface area contributed by atoms with Gasteiger partial charge in [0.25, 0.3) is 0 Å². The second-order valence-electron chi connectivity index (χ2n) is 3.94. The fourth-order valence-electron chi connectivity index (χ4n) is 0.667. The van der Waals surface area contributed by atoms with Gasteiger partial charge >= 0.3 is 0 Å². The van der Waals surface area contributed by atoms with Crippen LogP contribution in [0.1, 0.15) is 40.5 Å². The van der Waals surface area contributed by atoms with Gasteiger partial charge in [-0.3, -0.25) is 0 Å². The van der Waals surface area contributed by atoms with E-state index in [0.717, 1.165) is 37.8 Å². The second kappa shape index (κ2) is 10.9. The zero-order valence-corrected chi connectivity index (χ0v) is 9.14. The molecule has 0 saturated heterocycles. The summed E-state index contributed by atoms with van der Waals surface area (Å²) in [5.41, 5.74) is 10.5. The van der Waals surface area contributed by atoms with Crippen LogP contribution in [0, 0.1) is 11.8 Å². The molecule has 0 heterocycles. The van der Waals surface area contributed by atoms with Gasteiger partial charge in [0, 0.05) is 0 Å². The molecule has 2 heteroatoms. The molecular weight excluding hydrogens is 148 g/mol. The summed E-state index contributed by atoms with van der Waals surface area (Å²) >= 11 is 0. The van der Waals surface area contributed by atoms with Gasteiger partial charge in [0.1, 0.15) is 0 Å². The lowest BCUT2D eigenvalue weighted by Crippen LogP contribution is -2.01. The lowest BCUT2D eigenvalue weighted by atomic mass is 10.1. The summed E-state index contributed by atoms with van der Waals surface area (Å²) in [6, 6.07) is 0. The normalized spacial score (nSPS) is 10.0. The van der Waals surface area contributed by atoms with Gasteiger partial charge in [0.2, 0.25) is 0 Å². The van der Waals surface area contributed by atoms with Crippen LogP contribution in [0.25, 0.3) is 0 Å². The van der Waals surface area contributed by atoms with Gasteiger partial charge in [0.05, 0.1) is 0 Å². The maximum atomic E-state index is 5.23. The molecule has 0 atom stereocenters. The van der Waals surface area contributed by atoms with Crippen molar-refractivity contribution < 1.29 is 0 Å². The van der Waals surface area contributed by atoms with Gasteiger partial charge in [-0.2, -0.15) is 0 Å². The first kappa shape index (κ1) is 14.4. The third kappa shape index (κ3) is 22.5. The number of hydrogen-bond donors (Lipinski definition) is 2. The number of rotatable bonds is 4. The molecule has 0 rings (SSSR count). The Kier molecular flexibility index (Phi) is 13.1. The Morgan fingerprint density at radius 1 is 0.750 bits per heavy atom. The van der Waals surface area contributed by atoms with E-state index < -0.39 is 0 Å². The van der Waals surface area contributed by atoms with E-state index in [1.165, 1.54) is 0 Å². The standard InChI is InChI=1S/2C5H13N/c2*1-5(2)3-4-6/h2*5H,3-4,6H2,1-2H3. The molecule has 0 unspecified atom stereocenters. The molecule has 2 nitrogen and oxygen atoms in total. The van der Waals surface area contributed by atoms with Crippen molar-refractivity contribution >= 4 is 0 Å². The van der Waals surface area contributed by atoms with E-state index in [1.54, 1.807) is 0 Å². The maximum absolute atomic E-state index is 5.23. The molecule has 0 aromatic carbocycles. The Bertz CT molecular complexity index is 60.2. The Morgan fingerprint density at radius 2 is 1.00 bits per heavy atom. The minimum Gasteiger partial charge on any atom is -0.330 e. The SMILES string of the molecule is CC(C)CCN.CC(C)CCN. The third-order valence-corrected chi connectivity index (χ3v) is 1.49. The van der Waals surface area contributed by atoms with Crippen LogP contribution in [0.5, 0.6) is 0 Å². The molecule has 0 saturated carbocycles. The zero-order valence-electron chi connectivity index (χ0n) is 9.14. The molecule has 12 heavy (non-hydrogen) atoms. The molecule has 4 N–H and O–H groups in total. The van der Waals surface area contributed by atoms with Crippen molar-refractivity contribution in [1.29, 1.82) is 0 Å². The van der Waals surface area contributed by atoms with Crippen molar-refractivity contribution in [1.82, 2.24) is 0 Å². The monoisotopic (exact) mass is 174 g/mol. The Balaban J connectivity index is 0. The van der Waals surface area contributed by atoms with Crippen LogP contribution in [0.3, 0.4) is 0 Å². The summed E-state index contributed by atoms with van der Waals surface area (Å²) in [5, 5.41) is 0. The van der Waals surface area contributed by atoms with E-state index in [-0.39, 0.29) is 0 Å². The summed E-state index contributed by atoms with van der Waals surface area (Å²) in [6.07, 6.45) is 2.31. The van der Waals surface area contributed by atoms with E-state index in [0.29, 0.717) is 0 Å². The van der Waals surface area contributed by atoms with E-state index in [9.17, 15) is 0 Å². The van der Waals surface area contributed by atoms with Crippen molar-refractivity contribution in [2.24, 2.45) is 23.3 Å². The largest absolute Gasteiger partial charge is 0.330 e. The minimum absolute atomic E-state index is 0.773. The summed E-state index contributed by atoms with van der Waals surface area (Å²) in [6.45, 7) is 10.4. The predicted octanol–water partition coefficient (Wildman–Crippen LogP) is 1.98. The van der Waals surface area contributed by atoms with Gasteiger partial charge in [-0.05, 0) is 37.8 Å². The van der Waals surface area contributed by atoms with Crippen molar-refractivity contribution in [2.45, 2.75) is 40.5 Å². The topological polar surface area (TPSA) is 52.0 Å². The third-order valence-electron chi connectivity index (χ3n) is 1.49. The lowest BCUT2D eigenvalue weighted by molar-refractivity contribution is 0.596. The smallest absolute Gasteiger partial charge is 0.00748 e. The summed E-state index contributed by atoms with van der Waals surface area (Å²) in [7, 11) is 0. The molecule has 0 aliphatic heterocycles. The minimum atomic E-state index is 0.773. The van der Waals surface area contributed by atoms with Crippen LogP contribution < -0.4 is 11.5 Å². The van der Waals surface area contributed by atoms with Gasteiger partial charge in [-0.15, -0.1) is 0 Å². The van der Waals surface area contributed by atoms with Crippen molar-refractivity contribution in [2.75, 3.05) is 13.1 Å². The highest BCUT2D eigenvalue weighted by Crippen LogP contribution is 1.94. The molecule has 0 spiro atoms. The molecule has 76 valence electrons. The fraction of sp³-hybridized carbons (Fsp3) is 1.00. The molecule has 0 aromatic heterocycles. The van der Waals surface area contributed by atoms with Crippen molar-refractivity contribution in [3.63, 3.8) is 0 Å². The lowest BCUT2D eigenvalue weighted by Gasteiger charge is -1.96. The highest BCUT2D eigenvalue weighted by atomic mass is 14.5. The average molecular weight is 174 g/mol. The molecule has 0 aromatic rings. The van der Waals surface area contributed by atoms with Crippen LogP contribution in [0.15, 0.2) is 0 Å². The molecule has 0 aliphatic rings. The highest BCUT2D eigenvalue weighted by molar-refractivity contribution is 4.42. The van der Waals surface area contributed by atoms with Crippen molar-refractivity contribution in [3.8, 4) is 0 Å². The molecule has 0 radical (unpaired) electrons. The van der Waals surface area contributed by atoms with Gasteiger partial charge in [-0.1, -0.05) is 27.7 Å². The molecule has 0 aliphatic carbocycles. The molecule has 0 bridgehead atoms. The first-order chi connectivity index (χ1) is 5.54. The Hall–Kier alpha value is -0.0800. The van der Waals surface area contributed by atoms with Gasteiger partial charge in [-0.25, -0.2) is 0 Å². The van der Waals surface area contributed by atoms with Gasteiger partial charge < -0.3 is 11.5 Å². The van der Waals surface area contributed by atoms with Crippen LogP contribution in [0.4, 0.5) is 0 Å². The van der Waals surface area contributed by atoms with Crippen molar-refractivity contribution in [3.05, 3.63) is 0 Å². The van der Waals surface area contributed by atoms with Crippen LogP contribution in [-0.2, 0) is 0 Å². The summed E-state index contributed by atoms with van der Waals surface area (Å²) < 4.78 is 0. The van der Waals surface area contributed by atoms with E-state index in [2.05, 4.69) is 27.7 Å². The summed E-state index contributed by atoms with van der Waals surface area (Å²) in [4.78, 5) is 0. The maximum Gasteiger partial charge on any atom is -0.00748 e. The van der Waals surface area contributed by atoms with Crippen LogP contribution >= 0.6 is 0 Å². The predicted molar refractivity (Wildman–Crippen MR) is 57.0 cm³/mol.